The molecule has 0 saturated heterocycles. The lowest BCUT2D eigenvalue weighted by Gasteiger charge is -1.99. The third kappa shape index (κ3) is 2.91. The molecule has 0 fully saturated rings. The van der Waals surface area contributed by atoms with Gasteiger partial charge in [-0.2, -0.15) is 0 Å². The molecular weight excluding hydrogens is 318 g/mol. The molecule has 0 aliphatic carbocycles. The van der Waals surface area contributed by atoms with Crippen molar-refractivity contribution in [2.24, 2.45) is 10.2 Å². The normalized spacial score (nSPS) is 11.4. The first-order valence-corrected chi connectivity index (χ1v) is 7.14. The summed E-state index contributed by atoms with van der Waals surface area (Å²) in [5, 5.41) is 19.2. The number of halogens is 1. The molecule has 7 nitrogen and oxygen atoms in total. The summed E-state index contributed by atoms with van der Waals surface area (Å²) in [6.07, 6.45) is 1.91. The number of nitrogens with zero attached hydrogens (tertiary/aromatic N) is 5. The van der Waals surface area contributed by atoms with Gasteiger partial charge in [0.25, 0.3) is 5.69 Å². The van der Waals surface area contributed by atoms with Gasteiger partial charge in [0.05, 0.1) is 16.3 Å². The van der Waals surface area contributed by atoms with Crippen molar-refractivity contribution in [3.63, 3.8) is 0 Å². The van der Waals surface area contributed by atoms with Gasteiger partial charge in [-0.1, -0.05) is 17.7 Å². The zero-order valence-electron chi connectivity index (χ0n) is 12.4. The molecule has 8 heteroatoms. The van der Waals surface area contributed by atoms with Crippen molar-refractivity contribution in [2.45, 2.75) is 13.8 Å². The van der Waals surface area contributed by atoms with Crippen LogP contribution in [-0.2, 0) is 0 Å². The van der Waals surface area contributed by atoms with Gasteiger partial charge in [-0.3, -0.25) is 14.5 Å². The number of pyridine rings is 1. The van der Waals surface area contributed by atoms with E-state index < -0.39 is 4.92 Å². The molecular formula is C15H12ClN5O2. The Morgan fingerprint density at radius 2 is 2.00 bits per heavy atom. The number of hydrogen-bond donors (Lipinski definition) is 0. The van der Waals surface area contributed by atoms with Crippen LogP contribution in [0.2, 0.25) is 5.02 Å². The number of hydrogen-bond acceptors (Lipinski definition) is 5. The number of nitro groups is 1. The standard InChI is InChI=1S/C15H12ClN5O2/c1-9-3-6-14-17-10(2)15(20(14)8-9)19-18-11-4-5-12(16)13(7-11)21(22)23/h3-8H,1-2H3. The van der Waals surface area contributed by atoms with Crippen LogP contribution in [0.15, 0.2) is 46.8 Å². The average Bonchev–Trinajstić information content (AvgIpc) is 2.81. The van der Waals surface area contributed by atoms with E-state index in [0.29, 0.717) is 11.5 Å². The van der Waals surface area contributed by atoms with Crippen LogP contribution in [0.5, 0.6) is 0 Å². The monoisotopic (exact) mass is 329 g/mol. The van der Waals surface area contributed by atoms with Gasteiger partial charge in [-0.05, 0) is 37.6 Å². The Morgan fingerprint density at radius 1 is 1.22 bits per heavy atom. The van der Waals surface area contributed by atoms with Crippen molar-refractivity contribution < 1.29 is 4.92 Å². The van der Waals surface area contributed by atoms with Crippen LogP contribution in [0.3, 0.4) is 0 Å². The summed E-state index contributed by atoms with van der Waals surface area (Å²) in [6.45, 7) is 3.80. The highest BCUT2D eigenvalue weighted by molar-refractivity contribution is 6.32. The van der Waals surface area contributed by atoms with Crippen molar-refractivity contribution in [1.82, 2.24) is 9.38 Å². The summed E-state index contributed by atoms with van der Waals surface area (Å²) in [4.78, 5) is 14.8. The molecule has 0 saturated carbocycles. The van der Waals surface area contributed by atoms with Crippen molar-refractivity contribution >= 4 is 34.4 Å². The van der Waals surface area contributed by atoms with Crippen LogP contribution in [0.25, 0.3) is 5.65 Å². The average molecular weight is 330 g/mol. The second kappa shape index (κ2) is 5.77. The quantitative estimate of drug-likeness (QED) is 0.388. The molecule has 0 N–H and O–H groups in total. The predicted molar refractivity (Wildman–Crippen MR) is 86.9 cm³/mol. The van der Waals surface area contributed by atoms with E-state index in [1.807, 2.05) is 36.6 Å². The van der Waals surface area contributed by atoms with E-state index in [0.717, 1.165) is 16.9 Å². The van der Waals surface area contributed by atoms with Crippen LogP contribution in [0.4, 0.5) is 17.2 Å². The number of benzene rings is 1. The topological polar surface area (TPSA) is 85.2 Å². The van der Waals surface area contributed by atoms with Gasteiger partial charge >= 0.3 is 0 Å². The Hall–Kier alpha value is -2.80. The summed E-state index contributed by atoms with van der Waals surface area (Å²) in [5.74, 6) is 0.585. The second-order valence-corrected chi connectivity index (χ2v) is 5.46. The van der Waals surface area contributed by atoms with Gasteiger partial charge in [-0.15, -0.1) is 10.2 Å². The molecule has 23 heavy (non-hydrogen) atoms. The van der Waals surface area contributed by atoms with Gasteiger partial charge in [0.1, 0.15) is 10.7 Å². The summed E-state index contributed by atoms with van der Waals surface area (Å²) < 4.78 is 1.83. The van der Waals surface area contributed by atoms with E-state index in [-0.39, 0.29) is 10.7 Å². The molecule has 0 bridgehead atoms. The summed E-state index contributed by atoms with van der Waals surface area (Å²) in [7, 11) is 0. The van der Waals surface area contributed by atoms with Crippen LogP contribution >= 0.6 is 11.6 Å². The van der Waals surface area contributed by atoms with Crippen LogP contribution in [-0.4, -0.2) is 14.3 Å². The van der Waals surface area contributed by atoms with E-state index in [1.54, 1.807) is 6.07 Å². The van der Waals surface area contributed by atoms with Gasteiger partial charge in [0.2, 0.25) is 0 Å². The first-order chi connectivity index (χ1) is 11.0. The maximum absolute atomic E-state index is 10.9. The van der Waals surface area contributed by atoms with Crippen LogP contribution in [0, 0.1) is 24.0 Å². The molecule has 0 atom stereocenters. The lowest BCUT2D eigenvalue weighted by atomic mass is 10.3. The molecule has 1 aromatic carbocycles. The van der Waals surface area contributed by atoms with Crippen LogP contribution in [0.1, 0.15) is 11.3 Å². The van der Waals surface area contributed by atoms with Gasteiger partial charge in [-0.25, -0.2) is 4.98 Å². The molecule has 0 aliphatic heterocycles. The smallest absolute Gasteiger partial charge is 0.283 e. The fourth-order valence-electron chi connectivity index (χ4n) is 2.18. The molecule has 0 unspecified atom stereocenters. The van der Waals surface area contributed by atoms with E-state index in [2.05, 4.69) is 15.2 Å². The number of azo groups is 1. The van der Waals surface area contributed by atoms with E-state index >= 15 is 0 Å². The van der Waals surface area contributed by atoms with Crippen molar-refractivity contribution in [3.8, 4) is 0 Å². The molecule has 0 amide bonds. The zero-order valence-corrected chi connectivity index (χ0v) is 13.2. The predicted octanol–water partition coefficient (Wildman–Crippen LogP) is 4.93. The Bertz CT molecular complexity index is 948. The maximum atomic E-state index is 10.9. The third-order valence-corrected chi connectivity index (χ3v) is 3.62. The molecule has 0 aliphatic rings. The maximum Gasteiger partial charge on any atom is 0.290 e. The van der Waals surface area contributed by atoms with Crippen molar-refractivity contribution in [1.29, 1.82) is 0 Å². The molecule has 2 aromatic heterocycles. The third-order valence-electron chi connectivity index (χ3n) is 3.30. The Labute approximate surface area is 136 Å². The number of aryl methyl sites for hydroxylation is 2. The van der Waals surface area contributed by atoms with Crippen LogP contribution < -0.4 is 0 Å². The molecule has 0 radical (unpaired) electrons. The minimum absolute atomic E-state index is 0.0653. The number of aromatic nitrogens is 2. The summed E-state index contributed by atoms with van der Waals surface area (Å²) in [5.41, 5.74) is 2.71. The Kier molecular flexibility index (Phi) is 3.79. The van der Waals surface area contributed by atoms with Crippen molar-refractivity contribution in [2.75, 3.05) is 0 Å². The molecule has 0 spiro atoms. The minimum atomic E-state index is -0.551. The SMILES string of the molecule is Cc1ccc2nc(C)c(N=Nc3ccc(Cl)c([N+](=O)[O-])c3)n2c1. The zero-order chi connectivity index (χ0) is 16.6. The lowest BCUT2D eigenvalue weighted by Crippen LogP contribution is -1.88. The first kappa shape index (κ1) is 15.1. The summed E-state index contributed by atoms with van der Waals surface area (Å²) >= 11 is 5.78. The number of nitro benzene ring substituents is 1. The lowest BCUT2D eigenvalue weighted by molar-refractivity contribution is -0.384. The highest BCUT2D eigenvalue weighted by Crippen LogP contribution is 2.30. The highest BCUT2D eigenvalue weighted by atomic mass is 35.5. The fourth-order valence-corrected chi connectivity index (χ4v) is 2.37. The Morgan fingerprint density at radius 3 is 2.74 bits per heavy atom. The highest BCUT2D eigenvalue weighted by Gasteiger charge is 2.13. The molecule has 3 aromatic rings. The summed E-state index contributed by atoms with van der Waals surface area (Å²) in [6, 6.07) is 8.15. The van der Waals surface area contributed by atoms with Gasteiger partial charge in [0, 0.05) is 12.3 Å². The Balaban J connectivity index is 2.04. The molecule has 116 valence electrons. The largest absolute Gasteiger partial charge is 0.290 e. The second-order valence-electron chi connectivity index (χ2n) is 5.05. The minimum Gasteiger partial charge on any atom is -0.283 e. The molecule has 2 heterocycles. The van der Waals surface area contributed by atoms with E-state index in [9.17, 15) is 10.1 Å². The fraction of sp³-hybridized carbons (Fsp3) is 0.133. The van der Waals surface area contributed by atoms with Gasteiger partial charge < -0.3 is 0 Å². The molecule has 3 rings (SSSR count). The van der Waals surface area contributed by atoms with Gasteiger partial charge in [0.15, 0.2) is 5.82 Å². The van der Waals surface area contributed by atoms with E-state index in [4.69, 9.17) is 11.6 Å². The van der Waals surface area contributed by atoms with Crippen molar-refractivity contribution in [3.05, 3.63) is 62.9 Å². The van der Waals surface area contributed by atoms with E-state index in [1.165, 1.54) is 12.1 Å². The first-order valence-electron chi connectivity index (χ1n) is 6.76. The number of imidazole rings is 1. The number of fused-ring (bicyclic) bond motifs is 1. The number of rotatable bonds is 3.